The Balaban J connectivity index is 2.75. The van der Waals surface area contributed by atoms with Crippen LogP contribution in [0.5, 0.6) is 0 Å². The van der Waals surface area contributed by atoms with Gasteiger partial charge in [-0.2, -0.15) is 0 Å². The van der Waals surface area contributed by atoms with Crippen LogP contribution in [0.2, 0.25) is 0 Å². The molecule has 1 amide bonds. The molecule has 0 aliphatic heterocycles. The van der Waals surface area contributed by atoms with Gasteiger partial charge in [0.1, 0.15) is 0 Å². The molecule has 15 heavy (non-hydrogen) atoms. The Morgan fingerprint density at radius 1 is 1.40 bits per heavy atom. The molecule has 2 rings (SSSR count). The summed E-state index contributed by atoms with van der Waals surface area (Å²) in [5, 5.41) is 9.38. The molecule has 0 saturated carbocycles. The number of carboxylic acids is 1. The number of aromatic carboxylic acids is 1. The van der Waals surface area contributed by atoms with E-state index in [9.17, 15) is 9.59 Å². The highest BCUT2D eigenvalue weighted by molar-refractivity contribution is 7.20. The molecule has 0 atom stereocenters. The van der Waals surface area contributed by atoms with Gasteiger partial charge in [-0.15, -0.1) is 11.3 Å². The highest BCUT2D eigenvalue weighted by Gasteiger charge is 2.13. The second kappa shape index (κ2) is 3.32. The number of carbonyl (C=O) groups is 2. The summed E-state index contributed by atoms with van der Waals surface area (Å²) in [7, 11) is 0. The normalized spacial score (nSPS) is 10.4. The Bertz CT molecular complexity index is 561. The van der Waals surface area contributed by atoms with Crippen molar-refractivity contribution in [2.24, 2.45) is 5.73 Å². The van der Waals surface area contributed by atoms with E-state index in [1.165, 1.54) is 18.5 Å². The van der Waals surface area contributed by atoms with Crippen molar-refractivity contribution < 1.29 is 14.7 Å². The van der Waals surface area contributed by atoms with Crippen molar-refractivity contribution >= 4 is 33.3 Å². The van der Waals surface area contributed by atoms with Crippen LogP contribution in [0, 0.1) is 0 Å². The third kappa shape index (κ3) is 1.55. The molecule has 0 unspecified atom stereocenters. The molecule has 76 valence electrons. The van der Waals surface area contributed by atoms with Gasteiger partial charge >= 0.3 is 5.97 Å². The summed E-state index contributed by atoms with van der Waals surface area (Å²) >= 11 is 1.14. The van der Waals surface area contributed by atoms with Crippen molar-refractivity contribution in [3.8, 4) is 0 Å². The molecule has 0 fully saturated rings. The Morgan fingerprint density at radius 3 is 2.73 bits per heavy atom. The number of carbonyl (C=O) groups excluding carboxylic acids is 1. The summed E-state index contributed by atoms with van der Waals surface area (Å²) in [6.45, 7) is 0. The molecule has 5 nitrogen and oxygen atoms in total. The van der Waals surface area contributed by atoms with Crippen LogP contribution in [0.4, 0.5) is 0 Å². The summed E-state index contributed by atoms with van der Waals surface area (Å²) in [6, 6.07) is 1.48. The number of thiophene rings is 1. The van der Waals surface area contributed by atoms with E-state index in [4.69, 9.17) is 10.8 Å². The van der Waals surface area contributed by atoms with Gasteiger partial charge in [0.05, 0.1) is 15.1 Å². The molecule has 2 aromatic rings. The Kier molecular flexibility index (Phi) is 2.12. The highest BCUT2D eigenvalue weighted by Crippen LogP contribution is 2.27. The minimum Gasteiger partial charge on any atom is -0.478 e. The standard InChI is InChI=1S/C9H6N2O3S/c10-8(12)6-1-4-5(9(13)14)2-11-3-7(4)15-6/h1-3H,(H2,10,12)(H,13,14). The summed E-state index contributed by atoms with van der Waals surface area (Å²) in [5.41, 5.74) is 5.19. The minimum atomic E-state index is -1.07. The Labute approximate surface area is 88.2 Å². The van der Waals surface area contributed by atoms with E-state index < -0.39 is 11.9 Å². The number of aromatic nitrogens is 1. The maximum atomic E-state index is 10.9. The second-order valence-corrected chi connectivity index (χ2v) is 3.96. The van der Waals surface area contributed by atoms with Gasteiger partial charge in [0.15, 0.2) is 0 Å². The van der Waals surface area contributed by atoms with Crippen LogP contribution in [-0.4, -0.2) is 22.0 Å². The van der Waals surface area contributed by atoms with Crippen molar-refractivity contribution in [2.45, 2.75) is 0 Å². The van der Waals surface area contributed by atoms with Crippen LogP contribution in [0.3, 0.4) is 0 Å². The molecular formula is C9H6N2O3S. The average molecular weight is 222 g/mol. The number of carboxylic acid groups (broad SMARTS) is 1. The quantitative estimate of drug-likeness (QED) is 0.795. The lowest BCUT2D eigenvalue weighted by Gasteiger charge is -1.93. The second-order valence-electron chi connectivity index (χ2n) is 2.88. The zero-order valence-electron chi connectivity index (χ0n) is 7.43. The summed E-state index contributed by atoms with van der Waals surface area (Å²) < 4.78 is 0.642. The highest BCUT2D eigenvalue weighted by atomic mass is 32.1. The fraction of sp³-hybridized carbons (Fsp3) is 0. The monoisotopic (exact) mass is 222 g/mol. The smallest absolute Gasteiger partial charge is 0.337 e. The van der Waals surface area contributed by atoms with Gasteiger partial charge in [0, 0.05) is 17.8 Å². The van der Waals surface area contributed by atoms with E-state index in [2.05, 4.69) is 4.98 Å². The summed E-state index contributed by atoms with van der Waals surface area (Å²) in [4.78, 5) is 25.9. The number of hydrogen-bond donors (Lipinski definition) is 2. The molecule has 2 heterocycles. The van der Waals surface area contributed by atoms with Gasteiger partial charge in [-0.05, 0) is 6.07 Å². The Hall–Kier alpha value is -1.95. The fourth-order valence-corrected chi connectivity index (χ4v) is 2.16. The zero-order chi connectivity index (χ0) is 11.0. The molecular weight excluding hydrogens is 216 g/mol. The minimum absolute atomic E-state index is 0.0799. The first-order valence-electron chi connectivity index (χ1n) is 4.00. The number of pyridine rings is 1. The molecule has 6 heteroatoms. The number of nitrogens with two attached hydrogens (primary N) is 1. The maximum Gasteiger partial charge on any atom is 0.337 e. The number of primary amides is 1. The van der Waals surface area contributed by atoms with Gasteiger partial charge in [-0.25, -0.2) is 4.79 Å². The number of fused-ring (bicyclic) bond motifs is 1. The summed E-state index contributed by atoms with van der Waals surface area (Å²) in [6.07, 6.45) is 2.76. The van der Waals surface area contributed by atoms with Gasteiger partial charge in [-0.1, -0.05) is 0 Å². The number of nitrogens with zero attached hydrogens (tertiary/aromatic N) is 1. The van der Waals surface area contributed by atoms with Crippen LogP contribution in [0.15, 0.2) is 18.5 Å². The average Bonchev–Trinajstić information content (AvgIpc) is 2.60. The van der Waals surface area contributed by atoms with Gasteiger partial charge in [0.2, 0.25) is 0 Å². The number of amides is 1. The van der Waals surface area contributed by atoms with E-state index in [0.717, 1.165) is 11.3 Å². The topological polar surface area (TPSA) is 93.3 Å². The van der Waals surface area contributed by atoms with E-state index >= 15 is 0 Å². The van der Waals surface area contributed by atoms with Crippen LogP contribution in [-0.2, 0) is 0 Å². The number of rotatable bonds is 2. The predicted octanol–water partition coefficient (Wildman–Crippen LogP) is 1.09. The largest absolute Gasteiger partial charge is 0.478 e. The van der Waals surface area contributed by atoms with Gasteiger partial charge < -0.3 is 10.8 Å². The Morgan fingerprint density at radius 2 is 2.13 bits per heavy atom. The summed E-state index contributed by atoms with van der Waals surface area (Å²) in [5.74, 6) is -1.63. The van der Waals surface area contributed by atoms with Crippen LogP contribution in [0.25, 0.3) is 10.1 Å². The first kappa shape index (κ1) is 9.60. The van der Waals surface area contributed by atoms with Crippen molar-refractivity contribution in [3.63, 3.8) is 0 Å². The van der Waals surface area contributed by atoms with Crippen molar-refractivity contribution in [1.29, 1.82) is 0 Å². The van der Waals surface area contributed by atoms with Crippen molar-refractivity contribution in [3.05, 3.63) is 28.9 Å². The fourth-order valence-electron chi connectivity index (χ4n) is 1.25. The third-order valence-corrected chi connectivity index (χ3v) is 3.00. The SMILES string of the molecule is NC(=O)c1cc2c(C(=O)O)cncc2s1. The molecule has 0 bridgehead atoms. The maximum absolute atomic E-state index is 10.9. The van der Waals surface area contributed by atoms with E-state index in [-0.39, 0.29) is 5.56 Å². The van der Waals surface area contributed by atoms with Crippen LogP contribution < -0.4 is 5.73 Å². The third-order valence-electron chi connectivity index (χ3n) is 1.92. The molecule has 0 saturated heterocycles. The molecule has 2 aromatic heterocycles. The lowest BCUT2D eigenvalue weighted by molar-refractivity contribution is 0.0698. The zero-order valence-corrected chi connectivity index (χ0v) is 8.25. The van der Waals surface area contributed by atoms with E-state index in [0.29, 0.717) is 15.0 Å². The van der Waals surface area contributed by atoms with Crippen molar-refractivity contribution in [2.75, 3.05) is 0 Å². The van der Waals surface area contributed by atoms with Crippen LogP contribution >= 0.6 is 11.3 Å². The number of hydrogen-bond acceptors (Lipinski definition) is 4. The molecule has 0 aliphatic rings. The first-order valence-corrected chi connectivity index (χ1v) is 4.82. The van der Waals surface area contributed by atoms with E-state index in [1.807, 2.05) is 0 Å². The molecule has 0 radical (unpaired) electrons. The van der Waals surface area contributed by atoms with Crippen molar-refractivity contribution in [1.82, 2.24) is 4.98 Å². The first-order chi connectivity index (χ1) is 7.09. The lowest BCUT2D eigenvalue weighted by Crippen LogP contribution is -2.08. The van der Waals surface area contributed by atoms with Gasteiger partial charge in [-0.3, -0.25) is 9.78 Å². The molecule has 3 N–H and O–H groups in total. The predicted molar refractivity (Wildman–Crippen MR) is 55.1 cm³/mol. The van der Waals surface area contributed by atoms with Gasteiger partial charge in [0.25, 0.3) is 5.91 Å². The lowest BCUT2D eigenvalue weighted by atomic mass is 10.2. The van der Waals surface area contributed by atoms with E-state index in [1.54, 1.807) is 0 Å². The van der Waals surface area contributed by atoms with Crippen LogP contribution in [0.1, 0.15) is 20.0 Å². The molecule has 0 aliphatic carbocycles. The molecule has 0 aromatic carbocycles. The molecule has 0 spiro atoms.